The monoisotopic (exact) mass is 416 g/mol. The summed E-state index contributed by atoms with van der Waals surface area (Å²) in [5.74, 6) is 0.483. The van der Waals surface area contributed by atoms with Gasteiger partial charge in [-0.2, -0.15) is 0 Å². The average molecular weight is 417 g/mol. The molecule has 154 valence electrons. The lowest BCUT2D eigenvalue weighted by molar-refractivity contribution is -0.121. The van der Waals surface area contributed by atoms with Gasteiger partial charge in [-0.25, -0.2) is 8.42 Å². The summed E-state index contributed by atoms with van der Waals surface area (Å²) in [7, 11) is -3.45. The minimum atomic E-state index is -3.45. The fourth-order valence-electron chi connectivity index (χ4n) is 3.00. The number of hydrogen-bond donors (Lipinski definition) is 1. The van der Waals surface area contributed by atoms with Crippen molar-refractivity contribution < 1.29 is 13.2 Å². The van der Waals surface area contributed by atoms with Gasteiger partial charge in [-0.05, 0) is 43.4 Å². The molecular weight excluding hydrogens is 384 g/mol. The number of nitrogens with zero attached hydrogens (tertiary/aromatic N) is 1. The van der Waals surface area contributed by atoms with Crippen LogP contribution in [0, 0.1) is 12.8 Å². The Morgan fingerprint density at radius 2 is 1.96 bits per heavy atom. The normalized spacial score (nSPS) is 12.6. The van der Waals surface area contributed by atoms with Gasteiger partial charge >= 0.3 is 0 Å². The third-order valence-electron chi connectivity index (χ3n) is 4.80. The van der Waals surface area contributed by atoms with Crippen LogP contribution in [0.15, 0.2) is 18.2 Å². The first-order valence-corrected chi connectivity index (χ1v) is 11.9. The van der Waals surface area contributed by atoms with Gasteiger partial charge in [-0.3, -0.25) is 9.10 Å². The van der Waals surface area contributed by atoms with E-state index in [1.54, 1.807) is 25.1 Å². The molecule has 0 heterocycles. The molecule has 1 atom stereocenters. The maximum atomic E-state index is 12.2. The second-order valence-corrected chi connectivity index (χ2v) is 9.36. The number of nitrogens with one attached hydrogen (secondary N) is 1. The summed E-state index contributed by atoms with van der Waals surface area (Å²) in [5.41, 5.74) is 1.28. The number of hydrogen-bond acceptors (Lipinski definition) is 3. The predicted molar refractivity (Wildman–Crippen MR) is 114 cm³/mol. The highest BCUT2D eigenvalue weighted by atomic mass is 35.5. The Hall–Kier alpha value is -1.27. The van der Waals surface area contributed by atoms with E-state index in [-0.39, 0.29) is 12.5 Å². The van der Waals surface area contributed by atoms with Crippen LogP contribution in [0.3, 0.4) is 0 Å². The first-order valence-electron chi connectivity index (χ1n) is 9.70. The van der Waals surface area contributed by atoms with E-state index in [0.717, 1.165) is 24.8 Å². The number of amides is 1. The van der Waals surface area contributed by atoms with Crippen molar-refractivity contribution in [2.24, 2.45) is 5.92 Å². The summed E-state index contributed by atoms with van der Waals surface area (Å²) in [6.45, 7) is 7.05. The van der Waals surface area contributed by atoms with Crippen LogP contribution < -0.4 is 9.62 Å². The topological polar surface area (TPSA) is 66.5 Å². The molecule has 1 N–H and O–H groups in total. The summed E-state index contributed by atoms with van der Waals surface area (Å²) in [5, 5.41) is 3.51. The number of rotatable bonds is 12. The zero-order chi connectivity index (χ0) is 20.4. The highest BCUT2D eigenvalue weighted by Gasteiger charge is 2.20. The van der Waals surface area contributed by atoms with E-state index >= 15 is 0 Å². The Morgan fingerprint density at radius 1 is 1.26 bits per heavy atom. The second kappa shape index (κ2) is 11.5. The molecule has 0 unspecified atom stereocenters. The zero-order valence-corrected chi connectivity index (χ0v) is 18.5. The molecule has 0 aromatic heterocycles. The lowest BCUT2D eigenvalue weighted by atomic mass is 9.99. The second-order valence-electron chi connectivity index (χ2n) is 7.04. The van der Waals surface area contributed by atoms with E-state index in [1.165, 1.54) is 17.0 Å². The van der Waals surface area contributed by atoms with E-state index < -0.39 is 10.0 Å². The maximum Gasteiger partial charge on any atom is 0.232 e. The lowest BCUT2D eigenvalue weighted by Crippen LogP contribution is -2.33. The van der Waals surface area contributed by atoms with Crippen LogP contribution in [0.1, 0.15) is 57.9 Å². The largest absolute Gasteiger partial charge is 0.356 e. The van der Waals surface area contributed by atoms with E-state index in [4.69, 9.17) is 11.6 Å². The molecule has 0 fully saturated rings. The molecule has 1 amide bonds. The molecule has 1 aromatic carbocycles. The van der Waals surface area contributed by atoms with Gasteiger partial charge in [-0.1, -0.05) is 50.8 Å². The smallest absolute Gasteiger partial charge is 0.232 e. The summed E-state index contributed by atoms with van der Waals surface area (Å²) in [4.78, 5) is 12.1. The van der Waals surface area contributed by atoms with Crippen molar-refractivity contribution in [1.29, 1.82) is 0 Å². The summed E-state index contributed by atoms with van der Waals surface area (Å²) in [6.07, 6.45) is 6.45. The molecule has 27 heavy (non-hydrogen) atoms. The molecule has 1 aromatic rings. The van der Waals surface area contributed by atoms with Crippen LogP contribution >= 0.6 is 11.6 Å². The molecule has 0 spiro atoms. The number of sulfonamides is 1. The molecule has 1 rings (SSSR count). The zero-order valence-electron chi connectivity index (χ0n) is 16.9. The molecule has 0 saturated carbocycles. The minimum absolute atomic E-state index is 0.0267. The molecular formula is C20H33ClN2O3S. The molecule has 0 radical (unpaired) electrons. The Morgan fingerprint density at radius 3 is 2.56 bits per heavy atom. The van der Waals surface area contributed by atoms with Gasteiger partial charge in [0.05, 0.1) is 11.9 Å². The van der Waals surface area contributed by atoms with Crippen LogP contribution in [0.5, 0.6) is 0 Å². The van der Waals surface area contributed by atoms with E-state index in [0.29, 0.717) is 36.0 Å². The Bertz CT molecular complexity index is 707. The number of anilines is 1. The highest BCUT2D eigenvalue weighted by molar-refractivity contribution is 7.92. The van der Waals surface area contributed by atoms with Crippen molar-refractivity contribution in [2.45, 2.75) is 59.3 Å². The fourth-order valence-corrected chi connectivity index (χ4v) is 4.19. The molecule has 0 aliphatic heterocycles. The van der Waals surface area contributed by atoms with E-state index in [1.807, 2.05) is 0 Å². The van der Waals surface area contributed by atoms with Crippen molar-refractivity contribution in [1.82, 2.24) is 5.32 Å². The van der Waals surface area contributed by atoms with Crippen molar-refractivity contribution in [3.8, 4) is 0 Å². The van der Waals surface area contributed by atoms with Gasteiger partial charge < -0.3 is 5.32 Å². The standard InChI is InChI=1S/C20H33ClN2O3S/c1-5-7-10-17(6-2)15-22-20(24)13-9-14-23(27(4,25)26)19-12-8-11-18(21)16(19)3/h8,11-12,17H,5-7,9-10,13-15H2,1-4H3,(H,22,24)/t17-/m0/s1. The Labute approximate surface area is 169 Å². The quantitative estimate of drug-likeness (QED) is 0.544. The molecule has 7 heteroatoms. The van der Waals surface area contributed by atoms with Crippen molar-refractivity contribution in [3.63, 3.8) is 0 Å². The van der Waals surface area contributed by atoms with Crippen LogP contribution in [-0.4, -0.2) is 33.7 Å². The number of carbonyl (C=O) groups is 1. The molecule has 0 aliphatic rings. The molecule has 0 saturated heterocycles. The van der Waals surface area contributed by atoms with Gasteiger partial charge in [-0.15, -0.1) is 0 Å². The first kappa shape index (κ1) is 23.8. The third-order valence-corrected chi connectivity index (χ3v) is 6.39. The third kappa shape index (κ3) is 8.09. The van der Waals surface area contributed by atoms with E-state index in [2.05, 4.69) is 19.2 Å². The number of benzene rings is 1. The van der Waals surface area contributed by atoms with E-state index in [9.17, 15) is 13.2 Å². The highest BCUT2D eigenvalue weighted by Crippen LogP contribution is 2.28. The Balaban J connectivity index is 2.60. The average Bonchev–Trinajstić information content (AvgIpc) is 2.61. The fraction of sp³-hybridized carbons (Fsp3) is 0.650. The summed E-state index contributed by atoms with van der Waals surface area (Å²) < 4.78 is 25.7. The number of halogens is 1. The first-order chi connectivity index (χ1) is 12.7. The number of unbranched alkanes of at least 4 members (excludes halogenated alkanes) is 1. The maximum absolute atomic E-state index is 12.2. The molecule has 0 aliphatic carbocycles. The van der Waals surface area contributed by atoms with Crippen LogP contribution in [-0.2, 0) is 14.8 Å². The molecule has 5 nitrogen and oxygen atoms in total. The summed E-state index contributed by atoms with van der Waals surface area (Å²) >= 11 is 6.13. The van der Waals surface area contributed by atoms with Gasteiger partial charge in [0.25, 0.3) is 0 Å². The van der Waals surface area contributed by atoms with Crippen LogP contribution in [0.4, 0.5) is 5.69 Å². The summed E-state index contributed by atoms with van der Waals surface area (Å²) in [6, 6.07) is 5.20. The van der Waals surface area contributed by atoms with Gasteiger partial charge in [0, 0.05) is 24.5 Å². The minimum Gasteiger partial charge on any atom is -0.356 e. The SMILES string of the molecule is CCCC[C@H](CC)CNC(=O)CCCN(c1cccc(Cl)c1C)S(C)(=O)=O. The number of carbonyl (C=O) groups excluding carboxylic acids is 1. The van der Waals surface area contributed by atoms with Gasteiger partial charge in [0.1, 0.15) is 0 Å². The van der Waals surface area contributed by atoms with Gasteiger partial charge in [0.15, 0.2) is 0 Å². The Kier molecular flexibility index (Phi) is 10.2. The van der Waals surface area contributed by atoms with Gasteiger partial charge in [0.2, 0.25) is 15.9 Å². The van der Waals surface area contributed by atoms with Crippen molar-refractivity contribution in [3.05, 3.63) is 28.8 Å². The van der Waals surface area contributed by atoms with Crippen LogP contribution in [0.25, 0.3) is 0 Å². The van der Waals surface area contributed by atoms with Crippen molar-refractivity contribution >= 4 is 33.2 Å². The lowest BCUT2D eigenvalue weighted by Gasteiger charge is -2.24. The van der Waals surface area contributed by atoms with Crippen molar-refractivity contribution in [2.75, 3.05) is 23.7 Å². The van der Waals surface area contributed by atoms with Crippen LogP contribution in [0.2, 0.25) is 5.02 Å². The molecule has 0 bridgehead atoms. The predicted octanol–water partition coefficient (Wildman–Crippen LogP) is 4.53.